The molecule has 1 aromatic rings. The van der Waals surface area contributed by atoms with Gasteiger partial charge in [-0.1, -0.05) is 0 Å². The summed E-state index contributed by atoms with van der Waals surface area (Å²) in [6, 6.07) is 4.10. The van der Waals surface area contributed by atoms with Crippen LogP contribution in [0.1, 0.15) is 37.2 Å². The molecule has 2 aliphatic heterocycles. The van der Waals surface area contributed by atoms with E-state index in [-0.39, 0.29) is 18.1 Å². The summed E-state index contributed by atoms with van der Waals surface area (Å²) in [5.74, 6) is 2.57. The van der Waals surface area contributed by atoms with Crippen LogP contribution < -0.4 is 0 Å². The van der Waals surface area contributed by atoms with Crippen LogP contribution in [0.3, 0.4) is 0 Å². The van der Waals surface area contributed by atoms with Gasteiger partial charge in [0.2, 0.25) is 5.91 Å². The van der Waals surface area contributed by atoms with Crippen molar-refractivity contribution in [1.82, 2.24) is 9.80 Å². The zero-order chi connectivity index (χ0) is 18.6. The van der Waals surface area contributed by atoms with Crippen molar-refractivity contribution in [2.45, 2.75) is 44.8 Å². The SMILES string of the molecule is Cc1ccc(CN2CCC3(CC2)OCC[C@H]3CCOCC(=O)N(C)C)o1. The van der Waals surface area contributed by atoms with Gasteiger partial charge in [-0.05, 0) is 50.7 Å². The number of ether oxygens (including phenoxy) is 2. The molecule has 0 saturated carbocycles. The van der Waals surface area contributed by atoms with Crippen molar-refractivity contribution in [3.63, 3.8) is 0 Å². The highest BCUT2D eigenvalue weighted by Crippen LogP contribution is 2.42. The Kier molecular flexibility index (Phi) is 6.37. The van der Waals surface area contributed by atoms with Crippen molar-refractivity contribution in [3.05, 3.63) is 23.7 Å². The first-order valence-electron chi connectivity index (χ1n) is 9.68. The first-order valence-corrected chi connectivity index (χ1v) is 9.68. The van der Waals surface area contributed by atoms with Crippen molar-refractivity contribution >= 4 is 5.91 Å². The van der Waals surface area contributed by atoms with E-state index in [0.29, 0.717) is 12.5 Å². The molecule has 6 heteroatoms. The van der Waals surface area contributed by atoms with Crippen LogP contribution in [0.15, 0.2) is 16.5 Å². The molecule has 2 fully saturated rings. The van der Waals surface area contributed by atoms with Gasteiger partial charge < -0.3 is 18.8 Å². The quantitative estimate of drug-likeness (QED) is 0.696. The third kappa shape index (κ3) is 4.67. The minimum atomic E-state index is 0.00446. The fraction of sp³-hybridized carbons (Fsp3) is 0.750. The molecule has 3 heterocycles. The van der Waals surface area contributed by atoms with Crippen molar-refractivity contribution in [2.75, 3.05) is 47.0 Å². The molecule has 3 rings (SSSR count). The Hall–Kier alpha value is -1.37. The molecule has 146 valence electrons. The second-order valence-electron chi connectivity index (χ2n) is 7.82. The second-order valence-corrected chi connectivity index (χ2v) is 7.82. The average molecular weight is 364 g/mol. The van der Waals surface area contributed by atoms with Crippen molar-refractivity contribution in [2.24, 2.45) is 5.92 Å². The van der Waals surface area contributed by atoms with Gasteiger partial charge in [-0.25, -0.2) is 0 Å². The topological polar surface area (TPSA) is 55.2 Å². The number of likely N-dealkylation sites (tertiary alicyclic amines) is 1. The van der Waals surface area contributed by atoms with Crippen molar-refractivity contribution < 1.29 is 18.7 Å². The molecule has 1 amide bonds. The molecule has 0 N–H and O–H groups in total. The Balaban J connectivity index is 1.43. The molecular weight excluding hydrogens is 332 g/mol. The Bertz CT molecular complexity index is 590. The van der Waals surface area contributed by atoms with E-state index >= 15 is 0 Å². The normalized spacial score (nSPS) is 22.8. The number of hydrogen-bond acceptors (Lipinski definition) is 5. The Morgan fingerprint density at radius 2 is 2.12 bits per heavy atom. The number of rotatable bonds is 7. The maximum atomic E-state index is 11.6. The largest absolute Gasteiger partial charge is 0.465 e. The van der Waals surface area contributed by atoms with Gasteiger partial charge in [0.15, 0.2) is 0 Å². The van der Waals surface area contributed by atoms with Crippen molar-refractivity contribution in [3.8, 4) is 0 Å². The number of likely N-dealkylation sites (N-methyl/N-ethyl adjacent to an activating group) is 1. The molecule has 1 atom stereocenters. The molecule has 1 aromatic heterocycles. The lowest BCUT2D eigenvalue weighted by Crippen LogP contribution is -2.47. The number of aryl methyl sites for hydroxylation is 1. The number of carbonyl (C=O) groups is 1. The molecule has 0 aromatic carbocycles. The summed E-state index contributed by atoms with van der Waals surface area (Å²) in [5, 5.41) is 0. The molecular formula is C20H32N2O4. The number of hydrogen-bond donors (Lipinski definition) is 0. The highest BCUT2D eigenvalue weighted by Gasteiger charge is 2.45. The number of furan rings is 1. The summed E-state index contributed by atoms with van der Waals surface area (Å²) in [5.41, 5.74) is 0.00446. The van der Waals surface area contributed by atoms with Gasteiger partial charge in [0.25, 0.3) is 0 Å². The van der Waals surface area contributed by atoms with E-state index in [0.717, 1.165) is 63.4 Å². The fourth-order valence-electron chi connectivity index (χ4n) is 4.14. The predicted octanol–water partition coefficient (Wildman–Crippen LogP) is 2.45. The second kappa shape index (κ2) is 8.55. The van der Waals surface area contributed by atoms with Gasteiger partial charge in [-0.3, -0.25) is 9.69 Å². The first kappa shape index (κ1) is 19.4. The molecule has 2 aliphatic rings. The lowest BCUT2D eigenvalue weighted by Gasteiger charge is -2.42. The Labute approximate surface area is 156 Å². The van der Waals surface area contributed by atoms with Crippen LogP contribution >= 0.6 is 0 Å². The summed E-state index contributed by atoms with van der Waals surface area (Å²) in [6.07, 6.45) is 4.20. The number of amides is 1. The van der Waals surface area contributed by atoms with Crippen LogP contribution in [0, 0.1) is 12.8 Å². The molecule has 1 spiro atoms. The zero-order valence-electron chi connectivity index (χ0n) is 16.3. The van der Waals surface area contributed by atoms with Crippen LogP contribution in [0.4, 0.5) is 0 Å². The third-order valence-corrected chi connectivity index (χ3v) is 5.81. The Morgan fingerprint density at radius 1 is 1.35 bits per heavy atom. The minimum Gasteiger partial charge on any atom is -0.465 e. The third-order valence-electron chi connectivity index (χ3n) is 5.81. The van der Waals surface area contributed by atoms with E-state index in [2.05, 4.69) is 11.0 Å². The van der Waals surface area contributed by atoms with E-state index in [4.69, 9.17) is 13.9 Å². The molecule has 0 aliphatic carbocycles. The lowest BCUT2D eigenvalue weighted by molar-refractivity contribution is -0.133. The summed E-state index contributed by atoms with van der Waals surface area (Å²) < 4.78 is 17.5. The van der Waals surface area contributed by atoms with E-state index in [1.54, 1.807) is 19.0 Å². The summed E-state index contributed by atoms with van der Waals surface area (Å²) >= 11 is 0. The standard InChI is InChI=1S/C20H32N2O4/c1-16-4-5-18(26-16)14-22-10-8-20(9-11-22)17(7-13-25-20)6-12-24-15-19(23)21(2)3/h4-5,17H,6-15H2,1-3H3/t17-/m1/s1. The van der Waals surface area contributed by atoms with Crippen LogP contribution in [-0.2, 0) is 20.8 Å². The van der Waals surface area contributed by atoms with Gasteiger partial charge in [0, 0.05) is 40.4 Å². The fourth-order valence-corrected chi connectivity index (χ4v) is 4.14. The van der Waals surface area contributed by atoms with E-state index in [9.17, 15) is 4.79 Å². The maximum Gasteiger partial charge on any atom is 0.248 e. The summed E-state index contributed by atoms with van der Waals surface area (Å²) in [4.78, 5) is 15.6. The predicted molar refractivity (Wildman–Crippen MR) is 98.9 cm³/mol. The van der Waals surface area contributed by atoms with Crippen LogP contribution in [-0.4, -0.2) is 68.3 Å². The highest BCUT2D eigenvalue weighted by molar-refractivity contribution is 5.76. The molecule has 0 bridgehead atoms. The van der Waals surface area contributed by atoms with Gasteiger partial charge in [-0.2, -0.15) is 0 Å². The summed E-state index contributed by atoms with van der Waals surface area (Å²) in [6.45, 7) is 6.59. The van der Waals surface area contributed by atoms with Crippen LogP contribution in [0.25, 0.3) is 0 Å². The highest BCUT2D eigenvalue weighted by atomic mass is 16.5. The van der Waals surface area contributed by atoms with Crippen LogP contribution in [0.5, 0.6) is 0 Å². The number of nitrogens with zero attached hydrogens (tertiary/aromatic N) is 2. The molecule has 26 heavy (non-hydrogen) atoms. The molecule has 2 saturated heterocycles. The van der Waals surface area contributed by atoms with E-state index in [1.807, 2.05) is 13.0 Å². The maximum absolute atomic E-state index is 11.6. The average Bonchev–Trinajstić information content (AvgIpc) is 3.20. The lowest BCUT2D eigenvalue weighted by atomic mass is 9.78. The first-order chi connectivity index (χ1) is 12.5. The molecule has 0 radical (unpaired) electrons. The number of carbonyl (C=O) groups excluding carboxylic acids is 1. The minimum absolute atomic E-state index is 0.00446. The number of piperidine rings is 1. The van der Waals surface area contributed by atoms with E-state index in [1.165, 1.54) is 0 Å². The van der Waals surface area contributed by atoms with Gasteiger partial charge in [0.1, 0.15) is 18.1 Å². The molecule has 0 unspecified atom stereocenters. The van der Waals surface area contributed by atoms with Crippen molar-refractivity contribution in [1.29, 1.82) is 0 Å². The smallest absolute Gasteiger partial charge is 0.248 e. The zero-order valence-corrected chi connectivity index (χ0v) is 16.3. The molecule has 6 nitrogen and oxygen atoms in total. The van der Waals surface area contributed by atoms with Gasteiger partial charge >= 0.3 is 0 Å². The Morgan fingerprint density at radius 3 is 2.77 bits per heavy atom. The van der Waals surface area contributed by atoms with Crippen LogP contribution in [0.2, 0.25) is 0 Å². The monoisotopic (exact) mass is 364 g/mol. The van der Waals surface area contributed by atoms with Gasteiger partial charge in [0.05, 0.1) is 12.1 Å². The van der Waals surface area contributed by atoms with Gasteiger partial charge in [-0.15, -0.1) is 0 Å². The van der Waals surface area contributed by atoms with E-state index < -0.39 is 0 Å². The summed E-state index contributed by atoms with van der Waals surface area (Å²) in [7, 11) is 3.51.